The molecule has 1 aromatic heterocycles. The third-order valence-corrected chi connectivity index (χ3v) is 3.32. The minimum Gasteiger partial charge on any atom is -0.461 e. The molecule has 1 unspecified atom stereocenters. The first-order valence-electron chi connectivity index (χ1n) is 5.80. The van der Waals surface area contributed by atoms with Crippen LogP contribution >= 0.6 is 11.3 Å². The van der Waals surface area contributed by atoms with Crippen molar-refractivity contribution in [3.05, 3.63) is 16.1 Å². The fourth-order valence-corrected chi connectivity index (χ4v) is 2.32. The molecule has 0 aliphatic carbocycles. The van der Waals surface area contributed by atoms with E-state index in [1.165, 1.54) is 5.38 Å². The summed E-state index contributed by atoms with van der Waals surface area (Å²) < 4.78 is 4.79. The smallest absolute Gasteiger partial charge is 0.367 e. The van der Waals surface area contributed by atoms with Crippen LogP contribution in [-0.4, -0.2) is 42.0 Å². The van der Waals surface area contributed by atoms with E-state index in [1.807, 2.05) is 0 Å². The summed E-state index contributed by atoms with van der Waals surface area (Å²) in [4.78, 5) is 38.2. The fourth-order valence-electron chi connectivity index (χ4n) is 1.63. The van der Waals surface area contributed by atoms with Crippen LogP contribution in [0.4, 0.5) is 0 Å². The lowest BCUT2D eigenvalue weighted by Crippen LogP contribution is -2.36. The molecule has 0 bridgehead atoms. The standard InChI is InChI=1S/C11H13N3O4S/c1-2-18-11(17)10-14-7(5-19-10)9(16)13-6-3-8(15)12-4-6/h5-6H,2-4H2,1H3,(H,12,15)(H,13,16). The quantitative estimate of drug-likeness (QED) is 0.754. The van der Waals surface area contributed by atoms with Gasteiger partial charge in [-0.1, -0.05) is 0 Å². The highest BCUT2D eigenvalue weighted by Crippen LogP contribution is 2.12. The maximum Gasteiger partial charge on any atom is 0.367 e. The van der Waals surface area contributed by atoms with Crippen LogP contribution in [0.2, 0.25) is 0 Å². The number of amides is 2. The van der Waals surface area contributed by atoms with Crippen LogP contribution in [0, 0.1) is 0 Å². The van der Waals surface area contributed by atoms with Gasteiger partial charge in [0.1, 0.15) is 5.69 Å². The third kappa shape index (κ3) is 3.28. The highest BCUT2D eigenvalue weighted by atomic mass is 32.1. The molecular weight excluding hydrogens is 270 g/mol. The van der Waals surface area contributed by atoms with Gasteiger partial charge in [-0.2, -0.15) is 0 Å². The number of aromatic nitrogens is 1. The van der Waals surface area contributed by atoms with Gasteiger partial charge in [0.25, 0.3) is 5.91 Å². The lowest BCUT2D eigenvalue weighted by molar-refractivity contribution is -0.119. The number of ether oxygens (including phenoxy) is 1. The number of nitrogens with one attached hydrogen (secondary N) is 2. The molecule has 1 saturated heterocycles. The summed E-state index contributed by atoms with van der Waals surface area (Å²) >= 11 is 1.06. The number of hydrogen-bond donors (Lipinski definition) is 2. The molecule has 19 heavy (non-hydrogen) atoms. The molecule has 2 rings (SSSR count). The van der Waals surface area contributed by atoms with Crippen molar-refractivity contribution in [1.82, 2.24) is 15.6 Å². The minimum absolute atomic E-state index is 0.0872. The van der Waals surface area contributed by atoms with E-state index in [0.29, 0.717) is 6.54 Å². The van der Waals surface area contributed by atoms with E-state index in [4.69, 9.17) is 4.74 Å². The Morgan fingerprint density at radius 1 is 1.63 bits per heavy atom. The van der Waals surface area contributed by atoms with Gasteiger partial charge in [0, 0.05) is 18.3 Å². The van der Waals surface area contributed by atoms with E-state index in [1.54, 1.807) is 6.92 Å². The Morgan fingerprint density at radius 3 is 3.05 bits per heavy atom. The molecule has 102 valence electrons. The second kappa shape index (κ2) is 5.79. The predicted molar refractivity (Wildman–Crippen MR) is 67.0 cm³/mol. The van der Waals surface area contributed by atoms with Gasteiger partial charge in [-0.3, -0.25) is 9.59 Å². The van der Waals surface area contributed by atoms with Gasteiger partial charge in [-0.15, -0.1) is 11.3 Å². The van der Waals surface area contributed by atoms with E-state index in [2.05, 4.69) is 15.6 Å². The van der Waals surface area contributed by atoms with E-state index < -0.39 is 11.9 Å². The number of nitrogens with zero attached hydrogens (tertiary/aromatic N) is 1. The Balaban J connectivity index is 1.96. The van der Waals surface area contributed by atoms with Crippen molar-refractivity contribution < 1.29 is 19.1 Å². The minimum atomic E-state index is -0.538. The summed E-state index contributed by atoms with van der Waals surface area (Å²) in [6.45, 7) is 2.37. The normalized spacial score (nSPS) is 17.9. The van der Waals surface area contributed by atoms with Crippen LogP contribution in [0.15, 0.2) is 5.38 Å². The maximum absolute atomic E-state index is 11.8. The molecule has 1 atom stereocenters. The van der Waals surface area contributed by atoms with Gasteiger partial charge in [-0.25, -0.2) is 9.78 Å². The van der Waals surface area contributed by atoms with Crippen molar-refractivity contribution in [2.45, 2.75) is 19.4 Å². The van der Waals surface area contributed by atoms with Gasteiger partial charge in [0.2, 0.25) is 10.9 Å². The van der Waals surface area contributed by atoms with Crippen LogP contribution in [0.3, 0.4) is 0 Å². The Kier molecular flexibility index (Phi) is 4.10. The van der Waals surface area contributed by atoms with E-state index in [0.717, 1.165) is 11.3 Å². The zero-order valence-corrected chi connectivity index (χ0v) is 11.1. The van der Waals surface area contributed by atoms with Crippen LogP contribution in [0.25, 0.3) is 0 Å². The second-order valence-corrected chi connectivity index (χ2v) is 4.80. The molecule has 2 heterocycles. The first-order chi connectivity index (χ1) is 9.10. The number of hydrogen-bond acceptors (Lipinski definition) is 6. The number of esters is 1. The second-order valence-electron chi connectivity index (χ2n) is 3.94. The Bertz CT molecular complexity index is 514. The van der Waals surface area contributed by atoms with Crippen molar-refractivity contribution in [1.29, 1.82) is 0 Å². The van der Waals surface area contributed by atoms with Gasteiger partial charge in [0.05, 0.1) is 12.6 Å². The fraction of sp³-hybridized carbons (Fsp3) is 0.455. The first kappa shape index (κ1) is 13.5. The van der Waals surface area contributed by atoms with Crippen molar-refractivity contribution in [3.63, 3.8) is 0 Å². The lowest BCUT2D eigenvalue weighted by Gasteiger charge is -2.08. The van der Waals surface area contributed by atoms with Gasteiger partial charge < -0.3 is 15.4 Å². The molecule has 0 aromatic carbocycles. The highest BCUT2D eigenvalue weighted by Gasteiger charge is 2.24. The first-order valence-corrected chi connectivity index (χ1v) is 6.68. The summed E-state index contributed by atoms with van der Waals surface area (Å²) in [5, 5.41) is 6.94. The molecule has 1 aliphatic rings. The number of carbonyl (C=O) groups is 3. The summed E-state index contributed by atoms with van der Waals surface area (Å²) in [6, 6.07) is -0.229. The molecular formula is C11H13N3O4S. The Morgan fingerprint density at radius 2 is 2.42 bits per heavy atom. The largest absolute Gasteiger partial charge is 0.461 e. The molecule has 0 spiro atoms. The van der Waals surface area contributed by atoms with Crippen LogP contribution in [0.5, 0.6) is 0 Å². The zero-order chi connectivity index (χ0) is 13.8. The van der Waals surface area contributed by atoms with E-state index >= 15 is 0 Å². The molecule has 1 aromatic rings. The van der Waals surface area contributed by atoms with E-state index in [9.17, 15) is 14.4 Å². The summed E-state index contributed by atoms with van der Waals surface area (Å²) in [6.07, 6.45) is 0.264. The highest BCUT2D eigenvalue weighted by molar-refractivity contribution is 7.11. The van der Waals surface area contributed by atoms with Gasteiger partial charge >= 0.3 is 5.97 Å². The molecule has 0 saturated carbocycles. The molecule has 1 aliphatic heterocycles. The zero-order valence-electron chi connectivity index (χ0n) is 10.3. The molecule has 8 heteroatoms. The van der Waals surface area contributed by atoms with Crippen molar-refractivity contribution >= 4 is 29.1 Å². The average Bonchev–Trinajstić information content (AvgIpc) is 2.98. The SMILES string of the molecule is CCOC(=O)c1nc(C(=O)NC2CNC(=O)C2)cs1. The summed E-state index contributed by atoms with van der Waals surface area (Å²) in [5.41, 5.74) is 0.160. The summed E-state index contributed by atoms with van der Waals surface area (Å²) in [7, 11) is 0. The topological polar surface area (TPSA) is 97.4 Å². The summed E-state index contributed by atoms with van der Waals surface area (Å²) in [5.74, 6) is -1.02. The predicted octanol–water partition coefficient (Wildman–Crippen LogP) is -0.0619. The monoisotopic (exact) mass is 283 g/mol. The van der Waals surface area contributed by atoms with Gasteiger partial charge in [-0.05, 0) is 6.92 Å². The molecule has 2 amide bonds. The number of rotatable bonds is 4. The molecule has 2 N–H and O–H groups in total. The molecule has 0 radical (unpaired) electrons. The van der Waals surface area contributed by atoms with E-state index in [-0.39, 0.29) is 35.7 Å². The lowest BCUT2D eigenvalue weighted by atomic mass is 10.2. The molecule has 1 fully saturated rings. The Labute approximate surface area is 113 Å². The van der Waals surface area contributed by atoms with Crippen molar-refractivity contribution in [2.75, 3.05) is 13.2 Å². The molecule has 7 nitrogen and oxygen atoms in total. The average molecular weight is 283 g/mol. The van der Waals surface area contributed by atoms with Crippen LogP contribution in [0.1, 0.15) is 33.6 Å². The van der Waals surface area contributed by atoms with Crippen molar-refractivity contribution in [2.24, 2.45) is 0 Å². The Hall–Kier alpha value is -1.96. The van der Waals surface area contributed by atoms with Crippen molar-refractivity contribution in [3.8, 4) is 0 Å². The number of carbonyl (C=O) groups excluding carboxylic acids is 3. The maximum atomic E-state index is 11.8. The van der Waals surface area contributed by atoms with Crippen LogP contribution < -0.4 is 10.6 Å². The van der Waals surface area contributed by atoms with Gasteiger partial charge in [0.15, 0.2) is 0 Å². The third-order valence-electron chi connectivity index (χ3n) is 2.50. The van der Waals surface area contributed by atoms with Crippen LogP contribution in [-0.2, 0) is 9.53 Å². The number of thiazole rings is 1.